The predicted molar refractivity (Wildman–Crippen MR) is 85.1 cm³/mol. The van der Waals surface area contributed by atoms with Gasteiger partial charge in [-0.3, -0.25) is 9.69 Å². The van der Waals surface area contributed by atoms with Gasteiger partial charge in [-0.25, -0.2) is 4.79 Å². The Morgan fingerprint density at radius 1 is 1.36 bits per heavy atom. The Morgan fingerprint density at radius 3 is 2.77 bits per heavy atom. The van der Waals surface area contributed by atoms with Gasteiger partial charge in [0, 0.05) is 25.7 Å². The van der Waals surface area contributed by atoms with Gasteiger partial charge in [-0.05, 0) is 25.5 Å². The Balaban J connectivity index is 1.86. The highest BCUT2D eigenvalue weighted by molar-refractivity contribution is 5.83. The lowest BCUT2D eigenvalue weighted by Gasteiger charge is -2.37. The molecule has 2 rings (SSSR count). The average Bonchev–Trinajstić information content (AvgIpc) is 2.53. The number of likely N-dealkylation sites (N-methyl/N-ethyl adjacent to an activating group) is 1. The van der Waals surface area contributed by atoms with E-state index in [2.05, 4.69) is 29.4 Å². The standard InChI is InChI=1S/C16H24N4O2/c1-19(11-13-6-3-2-4-7-13)14-8-5-9-20(12-14)15(21)10-18-16(17)22/h2-4,6-7,14H,5,8-12H2,1H3,(H3,17,18,22). The maximum Gasteiger partial charge on any atom is 0.312 e. The van der Waals surface area contributed by atoms with Crippen molar-refractivity contribution in [2.75, 3.05) is 26.7 Å². The lowest BCUT2D eigenvalue weighted by atomic mass is 10.0. The summed E-state index contributed by atoms with van der Waals surface area (Å²) in [4.78, 5) is 26.9. The third kappa shape index (κ3) is 4.73. The zero-order valence-corrected chi connectivity index (χ0v) is 13.0. The van der Waals surface area contributed by atoms with E-state index in [1.54, 1.807) is 0 Å². The van der Waals surface area contributed by atoms with Gasteiger partial charge in [0.15, 0.2) is 0 Å². The van der Waals surface area contributed by atoms with Gasteiger partial charge in [-0.15, -0.1) is 0 Å². The number of urea groups is 1. The number of rotatable bonds is 5. The Labute approximate surface area is 131 Å². The number of nitrogens with two attached hydrogens (primary N) is 1. The Morgan fingerprint density at radius 2 is 2.09 bits per heavy atom. The molecule has 0 radical (unpaired) electrons. The first kappa shape index (κ1) is 16.3. The van der Waals surface area contributed by atoms with E-state index in [1.807, 2.05) is 23.1 Å². The minimum Gasteiger partial charge on any atom is -0.352 e. The molecule has 0 saturated carbocycles. The Bertz CT molecular complexity index is 506. The third-order valence-electron chi connectivity index (χ3n) is 4.06. The fourth-order valence-electron chi connectivity index (χ4n) is 2.82. The van der Waals surface area contributed by atoms with Crippen LogP contribution in [0.1, 0.15) is 18.4 Å². The number of hydrogen-bond donors (Lipinski definition) is 2. The summed E-state index contributed by atoms with van der Waals surface area (Å²) >= 11 is 0. The minimum absolute atomic E-state index is 0.0234. The quantitative estimate of drug-likeness (QED) is 0.843. The van der Waals surface area contributed by atoms with Crippen molar-refractivity contribution < 1.29 is 9.59 Å². The molecule has 1 aliphatic heterocycles. The number of likely N-dealkylation sites (tertiary alicyclic amines) is 1. The van der Waals surface area contributed by atoms with Gasteiger partial charge in [0.25, 0.3) is 0 Å². The first-order chi connectivity index (χ1) is 10.6. The number of benzene rings is 1. The largest absolute Gasteiger partial charge is 0.352 e. The molecule has 6 nitrogen and oxygen atoms in total. The van der Waals surface area contributed by atoms with Crippen LogP contribution < -0.4 is 11.1 Å². The summed E-state index contributed by atoms with van der Waals surface area (Å²) in [6.07, 6.45) is 2.06. The van der Waals surface area contributed by atoms with E-state index in [1.165, 1.54) is 5.56 Å². The van der Waals surface area contributed by atoms with Crippen LogP contribution in [-0.2, 0) is 11.3 Å². The second-order valence-electron chi connectivity index (χ2n) is 5.75. The summed E-state index contributed by atoms with van der Waals surface area (Å²) in [5.41, 5.74) is 6.27. The van der Waals surface area contributed by atoms with Crippen molar-refractivity contribution in [2.24, 2.45) is 5.73 Å². The van der Waals surface area contributed by atoms with Crippen LogP contribution >= 0.6 is 0 Å². The molecule has 1 saturated heterocycles. The lowest BCUT2D eigenvalue weighted by molar-refractivity contribution is -0.132. The summed E-state index contributed by atoms with van der Waals surface area (Å²) in [5, 5.41) is 2.36. The van der Waals surface area contributed by atoms with E-state index in [4.69, 9.17) is 5.73 Å². The molecule has 0 bridgehead atoms. The molecule has 1 atom stereocenters. The number of nitrogens with zero attached hydrogens (tertiary/aromatic N) is 2. The van der Waals surface area contributed by atoms with Crippen LogP contribution in [0.25, 0.3) is 0 Å². The van der Waals surface area contributed by atoms with Crippen LogP contribution in [0.3, 0.4) is 0 Å². The normalized spacial score (nSPS) is 18.3. The third-order valence-corrected chi connectivity index (χ3v) is 4.06. The van der Waals surface area contributed by atoms with Crippen LogP contribution in [-0.4, -0.2) is 54.5 Å². The molecule has 3 N–H and O–H groups in total. The topological polar surface area (TPSA) is 78.7 Å². The highest BCUT2D eigenvalue weighted by Gasteiger charge is 2.26. The zero-order chi connectivity index (χ0) is 15.9. The lowest BCUT2D eigenvalue weighted by Crippen LogP contribution is -2.51. The van der Waals surface area contributed by atoms with E-state index < -0.39 is 6.03 Å². The van der Waals surface area contributed by atoms with Crippen molar-refractivity contribution in [2.45, 2.75) is 25.4 Å². The molecule has 0 spiro atoms. The van der Waals surface area contributed by atoms with E-state index in [0.717, 1.165) is 25.9 Å². The SMILES string of the molecule is CN(Cc1ccccc1)C1CCCN(C(=O)CNC(N)=O)C1. The van der Waals surface area contributed by atoms with Gasteiger partial charge in [0.1, 0.15) is 0 Å². The number of nitrogens with one attached hydrogen (secondary N) is 1. The van der Waals surface area contributed by atoms with Crippen LogP contribution in [0.15, 0.2) is 30.3 Å². The van der Waals surface area contributed by atoms with E-state index >= 15 is 0 Å². The summed E-state index contributed by atoms with van der Waals surface area (Å²) in [7, 11) is 2.09. The molecule has 6 heteroatoms. The van der Waals surface area contributed by atoms with Crippen molar-refractivity contribution in [1.29, 1.82) is 0 Å². The van der Waals surface area contributed by atoms with Gasteiger partial charge in [0.05, 0.1) is 6.54 Å². The highest BCUT2D eigenvalue weighted by atomic mass is 16.2. The van der Waals surface area contributed by atoms with Gasteiger partial charge in [-0.2, -0.15) is 0 Å². The first-order valence-corrected chi connectivity index (χ1v) is 7.61. The number of piperidine rings is 1. The minimum atomic E-state index is -0.664. The smallest absolute Gasteiger partial charge is 0.312 e. The van der Waals surface area contributed by atoms with Crippen molar-refractivity contribution in [3.8, 4) is 0 Å². The molecule has 1 aromatic carbocycles. The molecule has 3 amide bonds. The van der Waals surface area contributed by atoms with E-state index in [-0.39, 0.29) is 12.5 Å². The van der Waals surface area contributed by atoms with Gasteiger partial charge in [0.2, 0.25) is 5.91 Å². The molecule has 0 aliphatic carbocycles. The van der Waals surface area contributed by atoms with Crippen molar-refractivity contribution >= 4 is 11.9 Å². The molecule has 1 unspecified atom stereocenters. The van der Waals surface area contributed by atoms with Gasteiger partial charge in [-0.1, -0.05) is 30.3 Å². The van der Waals surface area contributed by atoms with Crippen LogP contribution in [0.4, 0.5) is 4.79 Å². The summed E-state index contributed by atoms with van der Waals surface area (Å²) in [5.74, 6) is -0.0726. The zero-order valence-electron chi connectivity index (χ0n) is 13.0. The molecule has 22 heavy (non-hydrogen) atoms. The molecule has 1 aliphatic rings. The van der Waals surface area contributed by atoms with Crippen molar-refractivity contribution in [1.82, 2.24) is 15.1 Å². The molecular formula is C16H24N4O2. The number of carbonyl (C=O) groups is 2. The molecule has 0 aromatic heterocycles. The highest BCUT2D eigenvalue weighted by Crippen LogP contribution is 2.17. The van der Waals surface area contributed by atoms with Gasteiger partial charge >= 0.3 is 6.03 Å². The fraction of sp³-hybridized carbons (Fsp3) is 0.500. The molecule has 120 valence electrons. The van der Waals surface area contributed by atoms with Crippen LogP contribution in [0, 0.1) is 0 Å². The Hall–Kier alpha value is -2.08. The van der Waals surface area contributed by atoms with Crippen molar-refractivity contribution in [3.05, 3.63) is 35.9 Å². The Kier molecular flexibility index (Phi) is 5.77. The van der Waals surface area contributed by atoms with Crippen LogP contribution in [0.5, 0.6) is 0 Å². The molecule has 1 fully saturated rings. The average molecular weight is 304 g/mol. The van der Waals surface area contributed by atoms with E-state index in [0.29, 0.717) is 12.6 Å². The van der Waals surface area contributed by atoms with Gasteiger partial charge < -0.3 is 16.0 Å². The second-order valence-corrected chi connectivity index (χ2v) is 5.75. The summed E-state index contributed by atoms with van der Waals surface area (Å²) in [6, 6.07) is 9.98. The molecular weight excluding hydrogens is 280 g/mol. The number of amides is 3. The summed E-state index contributed by atoms with van der Waals surface area (Å²) in [6.45, 7) is 2.29. The second kappa shape index (κ2) is 7.79. The van der Waals surface area contributed by atoms with Crippen molar-refractivity contribution in [3.63, 3.8) is 0 Å². The first-order valence-electron chi connectivity index (χ1n) is 7.61. The monoisotopic (exact) mass is 304 g/mol. The maximum atomic E-state index is 12.1. The fourth-order valence-corrected chi connectivity index (χ4v) is 2.82. The van der Waals surface area contributed by atoms with Crippen LogP contribution in [0.2, 0.25) is 0 Å². The number of hydrogen-bond acceptors (Lipinski definition) is 3. The van der Waals surface area contributed by atoms with E-state index in [9.17, 15) is 9.59 Å². The maximum absolute atomic E-state index is 12.1. The molecule has 1 aromatic rings. The summed E-state index contributed by atoms with van der Waals surface area (Å²) < 4.78 is 0. The predicted octanol–water partition coefficient (Wildman–Crippen LogP) is 0.778. The number of primary amides is 1. The molecule has 1 heterocycles. The number of carbonyl (C=O) groups excluding carboxylic acids is 2.